The molecule has 5 rings (SSSR count). The van der Waals surface area contributed by atoms with Crippen LogP contribution in [0.15, 0.2) is 54.7 Å². The quantitative estimate of drug-likeness (QED) is 0.633. The molecule has 0 spiro atoms. The van der Waals surface area contributed by atoms with Crippen LogP contribution in [0, 0.1) is 0 Å². The van der Waals surface area contributed by atoms with Gasteiger partial charge in [0.2, 0.25) is 0 Å². The zero-order valence-corrected chi connectivity index (χ0v) is 17.7. The smallest absolute Gasteiger partial charge is 0.337 e. The van der Waals surface area contributed by atoms with Gasteiger partial charge < -0.3 is 28.8 Å². The Morgan fingerprint density at radius 2 is 1.66 bits per heavy atom. The van der Waals surface area contributed by atoms with Crippen LogP contribution in [0.5, 0.6) is 5.75 Å². The number of methoxy groups -OCH3 is 1. The molecular formula is C24H24N2O6. The van der Waals surface area contributed by atoms with Gasteiger partial charge in [-0.25, -0.2) is 4.79 Å². The number of likely N-dealkylation sites (tertiary alicyclic amines) is 1. The Morgan fingerprint density at radius 3 is 2.34 bits per heavy atom. The minimum Gasteiger partial charge on any atom is -0.486 e. The molecule has 2 aliphatic rings. The minimum absolute atomic E-state index is 0.0214. The Labute approximate surface area is 185 Å². The maximum atomic E-state index is 13.0. The van der Waals surface area contributed by atoms with Gasteiger partial charge in [0.1, 0.15) is 24.1 Å². The Morgan fingerprint density at radius 1 is 0.969 bits per heavy atom. The second-order valence-electron chi connectivity index (χ2n) is 7.99. The third-order valence-electron chi connectivity index (χ3n) is 5.87. The van der Waals surface area contributed by atoms with Crippen LogP contribution in [0.2, 0.25) is 0 Å². The third kappa shape index (κ3) is 4.06. The number of aromatic amines is 1. The molecule has 2 fully saturated rings. The van der Waals surface area contributed by atoms with E-state index in [9.17, 15) is 9.59 Å². The van der Waals surface area contributed by atoms with Crippen LogP contribution in [0.4, 0.5) is 0 Å². The van der Waals surface area contributed by atoms with Gasteiger partial charge in [-0.2, -0.15) is 0 Å². The molecule has 3 aromatic rings. The second kappa shape index (κ2) is 8.64. The molecule has 3 heterocycles. The fourth-order valence-electron chi connectivity index (χ4n) is 4.16. The van der Waals surface area contributed by atoms with E-state index in [2.05, 4.69) is 4.98 Å². The highest BCUT2D eigenvalue weighted by atomic mass is 16.6. The molecule has 2 saturated heterocycles. The van der Waals surface area contributed by atoms with E-state index >= 15 is 0 Å². The Balaban J connectivity index is 1.18. The number of nitrogens with one attached hydrogen (secondary N) is 1. The molecule has 2 aliphatic heterocycles. The molecule has 8 heteroatoms. The minimum atomic E-state index is -0.391. The molecule has 1 N–H and O–H groups in total. The highest BCUT2D eigenvalue weighted by Gasteiger charge is 2.40. The summed E-state index contributed by atoms with van der Waals surface area (Å²) in [5.41, 5.74) is 2.12. The van der Waals surface area contributed by atoms with Gasteiger partial charge >= 0.3 is 5.97 Å². The van der Waals surface area contributed by atoms with Crippen molar-refractivity contribution in [3.63, 3.8) is 0 Å². The lowest BCUT2D eigenvalue weighted by atomic mass is 10.1. The first-order valence-corrected chi connectivity index (χ1v) is 10.6. The summed E-state index contributed by atoms with van der Waals surface area (Å²) in [6.45, 7) is 1.68. The van der Waals surface area contributed by atoms with Crippen molar-refractivity contribution in [2.75, 3.05) is 33.4 Å². The van der Waals surface area contributed by atoms with Crippen molar-refractivity contribution >= 4 is 22.8 Å². The van der Waals surface area contributed by atoms with Gasteiger partial charge in [-0.3, -0.25) is 4.79 Å². The lowest BCUT2D eigenvalue weighted by Crippen LogP contribution is -2.32. The van der Waals surface area contributed by atoms with Crippen LogP contribution in [-0.4, -0.2) is 73.5 Å². The van der Waals surface area contributed by atoms with Gasteiger partial charge in [0.05, 0.1) is 25.9 Å². The number of H-pyrrole nitrogens is 1. The van der Waals surface area contributed by atoms with Crippen molar-refractivity contribution in [3.05, 3.63) is 65.9 Å². The molecule has 2 atom stereocenters. The van der Waals surface area contributed by atoms with Gasteiger partial charge in [0.25, 0.3) is 5.91 Å². The number of carbonyl (C=O) groups excluding carboxylic acids is 2. The summed E-state index contributed by atoms with van der Waals surface area (Å²) < 4.78 is 22.7. The predicted molar refractivity (Wildman–Crippen MR) is 116 cm³/mol. The number of hydrogen-bond acceptors (Lipinski definition) is 6. The van der Waals surface area contributed by atoms with E-state index in [1.165, 1.54) is 7.11 Å². The van der Waals surface area contributed by atoms with E-state index in [1.54, 1.807) is 29.2 Å². The Kier molecular flexibility index (Phi) is 5.55. The maximum Gasteiger partial charge on any atom is 0.337 e. The monoisotopic (exact) mass is 436 g/mol. The number of amides is 1. The highest BCUT2D eigenvalue weighted by Crippen LogP contribution is 2.25. The molecule has 1 amide bonds. The average molecular weight is 436 g/mol. The first kappa shape index (κ1) is 20.5. The summed E-state index contributed by atoms with van der Waals surface area (Å²) in [5.74, 6) is 0.211. The SMILES string of the molecule is COC(=O)c1ccc(OC2CO[C@H]3CN(C(=O)c4ccc5[nH]ccc5c4)C[C@@H]3OC2)cc1. The summed E-state index contributed by atoms with van der Waals surface area (Å²) in [6, 6.07) is 14.4. The number of carbonyl (C=O) groups is 2. The lowest BCUT2D eigenvalue weighted by molar-refractivity contribution is -0.00461. The Hall–Kier alpha value is -3.36. The van der Waals surface area contributed by atoms with Gasteiger partial charge in [-0.05, 0) is 48.5 Å². The number of rotatable bonds is 4. The zero-order chi connectivity index (χ0) is 22.1. The second-order valence-corrected chi connectivity index (χ2v) is 7.99. The molecule has 166 valence electrons. The first-order valence-electron chi connectivity index (χ1n) is 10.6. The normalized spacial score (nSPS) is 21.2. The van der Waals surface area contributed by atoms with Gasteiger partial charge in [-0.1, -0.05) is 0 Å². The van der Waals surface area contributed by atoms with Crippen LogP contribution in [-0.2, 0) is 14.2 Å². The van der Waals surface area contributed by atoms with Crippen molar-refractivity contribution < 1.29 is 28.5 Å². The van der Waals surface area contributed by atoms with Crippen molar-refractivity contribution in [1.29, 1.82) is 0 Å². The molecular weight excluding hydrogens is 412 g/mol. The van der Waals surface area contributed by atoms with E-state index in [-0.39, 0.29) is 24.2 Å². The number of hydrogen-bond donors (Lipinski definition) is 1. The van der Waals surface area contributed by atoms with Crippen LogP contribution in [0.25, 0.3) is 10.9 Å². The Bertz CT molecular complexity index is 1110. The summed E-state index contributed by atoms with van der Waals surface area (Å²) in [7, 11) is 1.35. The van der Waals surface area contributed by atoms with E-state index in [0.29, 0.717) is 43.2 Å². The molecule has 0 unspecified atom stereocenters. The highest BCUT2D eigenvalue weighted by molar-refractivity contribution is 5.98. The van der Waals surface area contributed by atoms with E-state index in [4.69, 9.17) is 18.9 Å². The van der Waals surface area contributed by atoms with Crippen LogP contribution < -0.4 is 4.74 Å². The van der Waals surface area contributed by atoms with Crippen LogP contribution >= 0.6 is 0 Å². The number of esters is 1. The van der Waals surface area contributed by atoms with E-state index in [0.717, 1.165) is 10.9 Å². The molecule has 2 aromatic carbocycles. The fourth-order valence-corrected chi connectivity index (χ4v) is 4.16. The molecule has 0 aliphatic carbocycles. The number of ether oxygens (including phenoxy) is 4. The zero-order valence-electron chi connectivity index (χ0n) is 17.7. The predicted octanol–water partition coefficient (Wildman–Crippen LogP) is 2.64. The third-order valence-corrected chi connectivity index (χ3v) is 5.87. The largest absolute Gasteiger partial charge is 0.486 e. The summed E-state index contributed by atoms with van der Waals surface area (Å²) in [4.78, 5) is 29.5. The lowest BCUT2D eigenvalue weighted by Gasteiger charge is -2.20. The van der Waals surface area contributed by atoms with E-state index in [1.807, 2.05) is 30.5 Å². The van der Waals surface area contributed by atoms with Gasteiger partial charge in [-0.15, -0.1) is 0 Å². The van der Waals surface area contributed by atoms with Crippen molar-refractivity contribution in [2.24, 2.45) is 0 Å². The number of fused-ring (bicyclic) bond motifs is 2. The number of nitrogens with zero attached hydrogens (tertiary/aromatic N) is 1. The van der Waals surface area contributed by atoms with Crippen molar-refractivity contribution in [1.82, 2.24) is 9.88 Å². The molecule has 32 heavy (non-hydrogen) atoms. The van der Waals surface area contributed by atoms with Gasteiger partial charge in [0, 0.05) is 35.8 Å². The molecule has 0 saturated carbocycles. The standard InChI is InChI=1S/C24H24N2O6/c1-29-24(28)15-2-5-18(6-3-15)32-19-13-30-21-11-26(12-22(21)31-14-19)23(27)17-4-7-20-16(10-17)8-9-25-20/h2-10,19,21-22,25H,11-14H2,1H3/t21-,22-/m0/s1. The number of benzene rings is 2. The van der Waals surface area contributed by atoms with Crippen LogP contribution in [0.3, 0.4) is 0 Å². The summed E-state index contributed by atoms with van der Waals surface area (Å²) in [6.07, 6.45) is 1.21. The fraction of sp³-hybridized carbons (Fsp3) is 0.333. The van der Waals surface area contributed by atoms with Crippen LogP contribution in [0.1, 0.15) is 20.7 Å². The molecule has 0 radical (unpaired) electrons. The number of aromatic nitrogens is 1. The van der Waals surface area contributed by atoms with Crippen molar-refractivity contribution in [3.8, 4) is 5.75 Å². The van der Waals surface area contributed by atoms with Gasteiger partial charge in [0.15, 0.2) is 0 Å². The topological polar surface area (TPSA) is 90.1 Å². The first-order chi connectivity index (χ1) is 15.6. The molecule has 8 nitrogen and oxygen atoms in total. The summed E-state index contributed by atoms with van der Waals surface area (Å²) >= 11 is 0. The molecule has 0 bridgehead atoms. The van der Waals surface area contributed by atoms with E-state index < -0.39 is 5.97 Å². The average Bonchev–Trinajstić information content (AvgIpc) is 3.42. The summed E-state index contributed by atoms with van der Waals surface area (Å²) in [5, 5.41) is 1.01. The maximum absolute atomic E-state index is 13.0. The van der Waals surface area contributed by atoms with Crippen molar-refractivity contribution in [2.45, 2.75) is 18.3 Å². The molecule has 1 aromatic heterocycles.